The molecule has 0 radical (unpaired) electrons. The zero-order valence-corrected chi connectivity index (χ0v) is 12.6. The van der Waals surface area contributed by atoms with Gasteiger partial charge >= 0.3 is 0 Å². The molecule has 3 fully saturated rings. The minimum atomic E-state index is -0.267. The van der Waals surface area contributed by atoms with Crippen molar-refractivity contribution >= 4 is 23.0 Å². The van der Waals surface area contributed by atoms with Crippen molar-refractivity contribution in [1.29, 1.82) is 0 Å². The third-order valence-electron chi connectivity index (χ3n) is 4.59. The van der Waals surface area contributed by atoms with Crippen LogP contribution in [-0.4, -0.2) is 31.6 Å². The number of fused-ring (bicyclic) bond motifs is 2. The number of carbonyl (C=O) groups excluding carboxylic acids is 1. The third kappa shape index (κ3) is 1.98. The Morgan fingerprint density at radius 2 is 2.32 bits per heavy atom. The monoisotopic (exact) mass is 318 g/mol. The molecular formula is C15H15ClN4O2. The van der Waals surface area contributed by atoms with E-state index in [1.54, 1.807) is 16.9 Å². The molecule has 5 rings (SSSR count). The first-order valence-corrected chi connectivity index (χ1v) is 7.55. The number of rotatable bonds is 4. The first-order chi connectivity index (χ1) is 10.5. The van der Waals surface area contributed by atoms with Gasteiger partial charge in [0.15, 0.2) is 5.15 Å². The summed E-state index contributed by atoms with van der Waals surface area (Å²) in [5, 5.41) is 7.52. The lowest BCUT2D eigenvalue weighted by molar-refractivity contribution is -0.121. The quantitative estimate of drug-likeness (QED) is 0.877. The topological polar surface area (TPSA) is 68.5 Å². The summed E-state index contributed by atoms with van der Waals surface area (Å²) in [6.45, 7) is 3.50. The van der Waals surface area contributed by atoms with Gasteiger partial charge in [-0.3, -0.25) is 4.79 Å². The van der Waals surface area contributed by atoms with Crippen molar-refractivity contribution in [2.75, 3.05) is 0 Å². The van der Waals surface area contributed by atoms with Gasteiger partial charge < -0.3 is 10.1 Å². The van der Waals surface area contributed by atoms with Gasteiger partial charge in [0.1, 0.15) is 11.1 Å². The average Bonchev–Trinajstić information content (AvgIpc) is 3.11. The van der Waals surface area contributed by atoms with E-state index >= 15 is 0 Å². The Hall–Kier alpha value is -2.08. The van der Waals surface area contributed by atoms with E-state index in [0.717, 1.165) is 31.2 Å². The van der Waals surface area contributed by atoms with Crippen LogP contribution in [0.5, 0.6) is 5.88 Å². The molecule has 2 bridgehead atoms. The highest BCUT2D eigenvalue weighted by Crippen LogP contribution is 2.57. The summed E-state index contributed by atoms with van der Waals surface area (Å²) in [4.78, 5) is 15.8. The SMILES string of the molecule is C=CC(=O)NC12CCC(Oc3nc(Cl)cn4nccc34)(C1)C2. The molecule has 2 aromatic heterocycles. The van der Waals surface area contributed by atoms with Gasteiger partial charge in [0.05, 0.1) is 12.4 Å². The van der Waals surface area contributed by atoms with Crippen LogP contribution in [0.1, 0.15) is 25.7 Å². The highest BCUT2D eigenvalue weighted by molar-refractivity contribution is 6.29. The van der Waals surface area contributed by atoms with Crippen molar-refractivity contribution in [3.05, 3.63) is 36.3 Å². The highest BCUT2D eigenvalue weighted by atomic mass is 35.5. The first kappa shape index (κ1) is 13.6. The van der Waals surface area contributed by atoms with Crippen LogP contribution in [0.15, 0.2) is 31.1 Å². The lowest BCUT2D eigenvalue weighted by Crippen LogP contribution is -2.60. The summed E-state index contributed by atoms with van der Waals surface area (Å²) < 4.78 is 7.84. The van der Waals surface area contributed by atoms with Crippen molar-refractivity contribution in [3.63, 3.8) is 0 Å². The number of ether oxygens (including phenoxy) is 1. The molecule has 0 unspecified atom stereocenters. The zero-order valence-electron chi connectivity index (χ0n) is 11.9. The fourth-order valence-corrected chi connectivity index (χ4v) is 3.91. The van der Waals surface area contributed by atoms with E-state index in [-0.39, 0.29) is 17.0 Å². The van der Waals surface area contributed by atoms with Gasteiger partial charge in [-0.25, -0.2) is 4.52 Å². The zero-order chi connectivity index (χ0) is 15.4. The minimum absolute atomic E-state index is 0.130. The molecule has 2 aromatic rings. The van der Waals surface area contributed by atoms with Crippen LogP contribution in [0.4, 0.5) is 0 Å². The third-order valence-corrected chi connectivity index (χ3v) is 4.78. The molecule has 0 spiro atoms. The molecule has 0 aliphatic heterocycles. The Bertz CT molecular complexity index is 779. The second-order valence-electron chi connectivity index (χ2n) is 6.14. The van der Waals surface area contributed by atoms with Gasteiger partial charge in [0, 0.05) is 18.4 Å². The van der Waals surface area contributed by atoms with Gasteiger partial charge in [-0.1, -0.05) is 18.2 Å². The molecule has 2 heterocycles. The summed E-state index contributed by atoms with van der Waals surface area (Å²) >= 11 is 6.02. The Morgan fingerprint density at radius 1 is 1.50 bits per heavy atom. The molecule has 3 aliphatic rings. The predicted octanol–water partition coefficient (Wildman–Crippen LogP) is 2.13. The Balaban J connectivity index is 1.57. The maximum atomic E-state index is 11.5. The Labute approximate surface area is 132 Å². The molecule has 0 aromatic carbocycles. The first-order valence-electron chi connectivity index (χ1n) is 7.17. The average molecular weight is 319 g/mol. The molecule has 3 saturated carbocycles. The van der Waals surface area contributed by atoms with Crippen LogP contribution in [0, 0.1) is 0 Å². The molecule has 22 heavy (non-hydrogen) atoms. The van der Waals surface area contributed by atoms with Crippen molar-refractivity contribution in [3.8, 4) is 5.88 Å². The summed E-state index contributed by atoms with van der Waals surface area (Å²) in [6.07, 6.45) is 8.00. The highest BCUT2D eigenvalue weighted by Gasteiger charge is 2.63. The van der Waals surface area contributed by atoms with E-state index in [2.05, 4.69) is 22.0 Å². The normalized spacial score (nSPS) is 29.1. The molecule has 114 valence electrons. The number of amides is 1. The summed E-state index contributed by atoms with van der Waals surface area (Å²) in [7, 11) is 0. The standard InChI is InChI=1S/C15H15ClN4O2/c1-2-12(21)19-14-4-5-15(8-14,9-14)22-13-10-3-6-17-20(10)7-11(16)18-13/h2-3,6-7H,1,4-5,8-9H2,(H,19,21). The van der Waals surface area contributed by atoms with Crippen molar-refractivity contribution < 1.29 is 9.53 Å². The van der Waals surface area contributed by atoms with Crippen LogP contribution in [0.25, 0.3) is 5.52 Å². The van der Waals surface area contributed by atoms with E-state index in [1.807, 2.05) is 6.07 Å². The molecule has 3 aliphatic carbocycles. The molecule has 0 atom stereocenters. The molecule has 1 amide bonds. The van der Waals surface area contributed by atoms with Crippen molar-refractivity contribution in [1.82, 2.24) is 19.9 Å². The van der Waals surface area contributed by atoms with Gasteiger partial charge in [-0.05, 0) is 25.0 Å². The largest absolute Gasteiger partial charge is 0.469 e. The van der Waals surface area contributed by atoms with Crippen LogP contribution in [-0.2, 0) is 4.79 Å². The maximum Gasteiger partial charge on any atom is 0.243 e. The number of hydrogen-bond acceptors (Lipinski definition) is 4. The minimum Gasteiger partial charge on any atom is -0.469 e. The van der Waals surface area contributed by atoms with E-state index in [1.165, 1.54) is 6.08 Å². The number of hydrogen-bond donors (Lipinski definition) is 1. The van der Waals surface area contributed by atoms with Crippen LogP contribution in [0.3, 0.4) is 0 Å². The molecule has 1 N–H and O–H groups in total. The van der Waals surface area contributed by atoms with Gasteiger partial charge in [-0.15, -0.1) is 0 Å². The van der Waals surface area contributed by atoms with Crippen molar-refractivity contribution in [2.45, 2.75) is 36.8 Å². The summed E-state index contributed by atoms with van der Waals surface area (Å²) in [6, 6.07) is 1.84. The van der Waals surface area contributed by atoms with E-state index in [9.17, 15) is 4.79 Å². The van der Waals surface area contributed by atoms with Gasteiger partial charge in [0.25, 0.3) is 0 Å². The number of aromatic nitrogens is 3. The van der Waals surface area contributed by atoms with E-state index in [4.69, 9.17) is 16.3 Å². The van der Waals surface area contributed by atoms with Crippen molar-refractivity contribution in [2.24, 2.45) is 0 Å². The van der Waals surface area contributed by atoms with Crippen LogP contribution >= 0.6 is 11.6 Å². The summed E-state index contributed by atoms with van der Waals surface area (Å²) in [5.74, 6) is 0.366. The predicted molar refractivity (Wildman–Crippen MR) is 80.9 cm³/mol. The number of nitrogens with zero attached hydrogens (tertiary/aromatic N) is 3. The number of halogens is 1. The van der Waals surface area contributed by atoms with Gasteiger partial charge in [0.2, 0.25) is 11.8 Å². The number of nitrogens with one attached hydrogen (secondary N) is 1. The van der Waals surface area contributed by atoms with Crippen LogP contribution in [0.2, 0.25) is 5.15 Å². The fraction of sp³-hybridized carbons (Fsp3) is 0.400. The second kappa shape index (κ2) is 4.46. The second-order valence-corrected chi connectivity index (χ2v) is 6.53. The van der Waals surface area contributed by atoms with Crippen LogP contribution < -0.4 is 10.1 Å². The summed E-state index contributed by atoms with van der Waals surface area (Å²) in [5.41, 5.74) is 0.371. The van der Waals surface area contributed by atoms with Gasteiger partial charge in [-0.2, -0.15) is 10.1 Å². The Kier molecular flexibility index (Phi) is 2.75. The van der Waals surface area contributed by atoms with E-state index < -0.39 is 0 Å². The lowest BCUT2D eigenvalue weighted by atomic mass is 9.73. The molecular weight excluding hydrogens is 304 g/mol. The molecule has 7 heteroatoms. The molecule has 6 nitrogen and oxygen atoms in total. The smallest absolute Gasteiger partial charge is 0.243 e. The Morgan fingerprint density at radius 3 is 3.09 bits per heavy atom. The molecule has 0 saturated heterocycles. The fourth-order valence-electron chi connectivity index (χ4n) is 3.74. The number of carbonyl (C=O) groups is 1. The maximum absolute atomic E-state index is 11.5. The lowest BCUT2D eigenvalue weighted by Gasteiger charge is -2.46. The van der Waals surface area contributed by atoms with E-state index in [0.29, 0.717) is 11.0 Å².